The zero-order valence-electron chi connectivity index (χ0n) is 18.4. The number of pyridine rings is 1. The number of halogens is 2. The van der Waals surface area contributed by atoms with E-state index in [-0.39, 0.29) is 18.1 Å². The lowest BCUT2D eigenvalue weighted by molar-refractivity contribution is -0.126. The van der Waals surface area contributed by atoms with Crippen LogP contribution in [0.4, 0.5) is 14.6 Å². The minimum absolute atomic E-state index is 0.0700. The summed E-state index contributed by atoms with van der Waals surface area (Å²) in [7, 11) is 3.39. The Kier molecular flexibility index (Phi) is 5.70. The van der Waals surface area contributed by atoms with Crippen LogP contribution in [0.15, 0.2) is 42.7 Å². The minimum atomic E-state index is -0.728. The highest BCUT2D eigenvalue weighted by Gasteiger charge is 2.24. The number of carbonyl (C=O) groups is 1. The molecular weight excluding hydrogens is 462 g/mol. The average molecular weight is 483 g/mol. The Morgan fingerprint density at radius 1 is 1.24 bits per heavy atom. The van der Waals surface area contributed by atoms with Crippen LogP contribution in [0.2, 0.25) is 0 Å². The van der Waals surface area contributed by atoms with Crippen LogP contribution in [0, 0.1) is 11.6 Å². The van der Waals surface area contributed by atoms with Crippen molar-refractivity contribution in [1.29, 1.82) is 0 Å². The summed E-state index contributed by atoms with van der Waals surface area (Å²) in [6.07, 6.45) is 1.99. The molecule has 0 saturated heterocycles. The number of nitrogens with zero attached hydrogens (tertiary/aromatic N) is 5. The molecule has 0 aliphatic carbocycles. The molecule has 0 spiro atoms. The Hall–Kier alpha value is -3.86. The van der Waals surface area contributed by atoms with E-state index in [1.807, 2.05) is 12.1 Å². The van der Waals surface area contributed by atoms with Crippen molar-refractivity contribution in [3.8, 4) is 32.7 Å². The van der Waals surface area contributed by atoms with E-state index in [1.54, 1.807) is 20.2 Å². The van der Waals surface area contributed by atoms with Crippen LogP contribution >= 0.6 is 11.3 Å². The number of nitrogens with one attached hydrogen (secondary N) is 1. The Bertz CT molecular complexity index is 1380. The van der Waals surface area contributed by atoms with Crippen molar-refractivity contribution in [2.75, 3.05) is 32.6 Å². The van der Waals surface area contributed by atoms with Crippen LogP contribution in [0.3, 0.4) is 0 Å². The van der Waals surface area contributed by atoms with Gasteiger partial charge >= 0.3 is 0 Å². The summed E-state index contributed by atoms with van der Waals surface area (Å²) < 4.78 is 35.1. The number of benzene rings is 1. The number of aromatic nitrogens is 4. The lowest BCUT2D eigenvalue weighted by Gasteiger charge is -2.13. The number of thiophene rings is 1. The predicted octanol–water partition coefficient (Wildman–Crippen LogP) is 3.77. The fourth-order valence-electron chi connectivity index (χ4n) is 3.58. The summed E-state index contributed by atoms with van der Waals surface area (Å²) in [5.41, 5.74) is 1.78. The normalized spacial score (nSPS) is 12.4. The van der Waals surface area contributed by atoms with E-state index in [9.17, 15) is 13.6 Å². The zero-order chi connectivity index (χ0) is 23.8. The Labute approximate surface area is 197 Å². The largest absolute Gasteiger partial charge is 0.491 e. The van der Waals surface area contributed by atoms with E-state index in [2.05, 4.69) is 15.4 Å². The minimum Gasteiger partial charge on any atom is -0.491 e. The summed E-state index contributed by atoms with van der Waals surface area (Å²) >= 11 is 1.44. The molecule has 3 aromatic heterocycles. The SMILES string of the molecule is CN(C)C(=O)CNc1ccc2c(n1)-c1sc(-c3ncnn3-c3ccc(F)cc3F)cc1CCO2. The highest BCUT2D eigenvalue weighted by molar-refractivity contribution is 7.19. The maximum absolute atomic E-state index is 14.4. The molecule has 1 amide bonds. The summed E-state index contributed by atoms with van der Waals surface area (Å²) in [6.45, 7) is 0.595. The van der Waals surface area contributed by atoms with Crippen LogP contribution < -0.4 is 10.1 Å². The van der Waals surface area contributed by atoms with Gasteiger partial charge in [-0.05, 0) is 35.9 Å². The molecular formula is C23H20F2N6O2S. The first-order valence-corrected chi connectivity index (χ1v) is 11.3. The number of ether oxygens (including phenoxy) is 1. The molecule has 5 rings (SSSR count). The quantitative estimate of drug-likeness (QED) is 0.466. The van der Waals surface area contributed by atoms with Gasteiger partial charge in [-0.2, -0.15) is 5.10 Å². The molecule has 0 fully saturated rings. The number of anilines is 1. The monoisotopic (exact) mass is 482 g/mol. The lowest BCUT2D eigenvalue weighted by Crippen LogP contribution is -2.28. The van der Waals surface area contributed by atoms with E-state index >= 15 is 0 Å². The zero-order valence-corrected chi connectivity index (χ0v) is 19.2. The van der Waals surface area contributed by atoms with Crippen molar-refractivity contribution >= 4 is 23.1 Å². The topological polar surface area (TPSA) is 85.2 Å². The van der Waals surface area contributed by atoms with Crippen molar-refractivity contribution in [1.82, 2.24) is 24.6 Å². The molecule has 11 heteroatoms. The van der Waals surface area contributed by atoms with Gasteiger partial charge in [-0.1, -0.05) is 0 Å². The second-order valence-electron chi connectivity index (χ2n) is 7.84. The Morgan fingerprint density at radius 2 is 2.09 bits per heavy atom. The molecule has 1 aliphatic rings. The molecule has 0 unspecified atom stereocenters. The van der Waals surface area contributed by atoms with E-state index < -0.39 is 11.6 Å². The number of fused-ring (bicyclic) bond motifs is 3. The Morgan fingerprint density at radius 3 is 2.88 bits per heavy atom. The summed E-state index contributed by atoms with van der Waals surface area (Å²) in [6, 6.07) is 8.90. The van der Waals surface area contributed by atoms with Crippen molar-refractivity contribution in [2.45, 2.75) is 6.42 Å². The van der Waals surface area contributed by atoms with Gasteiger partial charge in [-0.25, -0.2) is 23.4 Å². The molecule has 174 valence electrons. The number of carbonyl (C=O) groups excluding carboxylic acids is 1. The molecule has 1 aliphatic heterocycles. The first-order valence-electron chi connectivity index (χ1n) is 10.5. The van der Waals surface area contributed by atoms with Gasteiger partial charge in [0.1, 0.15) is 35.1 Å². The van der Waals surface area contributed by atoms with Crippen molar-refractivity contribution in [2.24, 2.45) is 0 Å². The maximum atomic E-state index is 14.4. The molecule has 0 bridgehead atoms. The van der Waals surface area contributed by atoms with Gasteiger partial charge in [0.2, 0.25) is 5.91 Å². The number of hydrogen-bond donors (Lipinski definition) is 1. The second-order valence-corrected chi connectivity index (χ2v) is 8.89. The number of amides is 1. The van der Waals surface area contributed by atoms with Crippen LogP contribution in [0.25, 0.3) is 27.0 Å². The van der Waals surface area contributed by atoms with Crippen LogP contribution in [-0.4, -0.2) is 57.8 Å². The second kappa shape index (κ2) is 8.82. The van der Waals surface area contributed by atoms with E-state index in [4.69, 9.17) is 9.72 Å². The van der Waals surface area contributed by atoms with E-state index in [0.717, 1.165) is 21.4 Å². The maximum Gasteiger partial charge on any atom is 0.241 e. The van der Waals surface area contributed by atoms with Crippen molar-refractivity contribution < 1.29 is 18.3 Å². The molecule has 8 nitrogen and oxygen atoms in total. The van der Waals surface area contributed by atoms with Crippen LogP contribution in [0.5, 0.6) is 5.75 Å². The van der Waals surface area contributed by atoms with Crippen molar-refractivity contribution in [3.05, 3.63) is 59.9 Å². The summed E-state index contributed by atoms with van der Waals surface area (Å²) in [5.74, 6) is 0.175. The van der Waals surface area contributed by atoms with E-state index in [1.165, 1.54) is 39.4 Å². The summed E-state index contributed by atoms with van der Waals surface area (Å²) in [5, 5.41) is 7.21. The third kappa shape index (κ3) is 4.10. The fraction of sp³-hybridized carbons (Fsp3) is 0.217. The molecule has 4 heterocycles. The standard InChI is InChI=1S/C23H20F2N6O2S/c1-30(2)20(32)11-26-19-6-5-17-21(29-19)22-13(7-8-33-17)9-18(34-22)23-27-12-28-31(23)16-4-3-14(24)10-15(16)25/h3-6,9-10,12H,7-8,11H2,1-2H3,(H,26,29). The number of hydrogen-bond acceptors (Lipinski definition) is 7. The molecule has 1 aromatic carbocycles. The van der Waals surface area contributed by atoms with Crippen LogP contribution in [-0.2, 0) is 11.2 Å². The van der Waals surface area contributed by atoms with Gasteiger partial charge in [0.05, 0.1) is 22.9 Å². The Balaban J connectivity index is 1.52. The molecule has 0 saturated carbocycles. The lowest BCUT2D eigenvalue weighted by atomic mass is 10.1. The highest BCUT2D eigenvalue weighted by atomic mass is 32.1. The van der Waals surface area contributed by atoms with Crippen molar-refractivity contribution in [3.63, 3.8) is 0 Å². The first-order chi connectivity index (χ1) is 16.4. The molecule has 4 aromatic rings. The summed E-state index contributed by atoms with van der Waals surface area (Å²) in [4.78, 5) is 24.1. The molecule has 0 atom stereocenters. The highest BCUT2D eigenvalue weighted by Crippen LogP contribution is 2.43. The fourth-order valence-corrected chi connectivity index (χ4v) is 4.77. The molecule has 0 radical (unpaired) electrons. The van der Waals surface area contributed by atoms with E-state index in [0.29, 0.717) is 36.1 Å². The third-order valence-electron chi connectivity index (χ3n) is 5.34. The van der Waals surface area contributed by atoms with Crippen LogP contribution in [0.1, 0.15) is 5.56 Å². The van der Waals surface area contributed by atoms with Gasteiger partial charge in [-0.15, -0.1) is 11.3 Å². The van der Waals surface area contributed by atoms with Gasteiger partial charge in [0.15, 0.2) is 11.6 Å². The smallest absolute Gasteiger partial charge is 0.241 e. The van der Waals surface area contributed by atoms with Gasteiger partial charge in [0, 0.05) is 26.6 Å². The number of rotatable bonds is 5. The average Bonchev–Trinajstić information content (AvgIpc) is 3.42. The third-order valence-corrected chi connectivity index (χ3v) is 6.52. The number of likely N-dealkylation sites (N-methyl/N-ethyl adjacent to an activating group) is 1. The molecule has 1 N–H and O–H groups in total. The molecule has 34 heavy (non-hydrogen) atoms. The van der Waals surface area contributed by atoms with Gasteiger partial charge in [0.25, 0.3) is 0 Å². The first kappa shape index (κ1) is 22.0. The predicted molar refractivity (Wildman–Crippen MR) is 124 cm³/mol. The van der Waals surface area contributed by atoms with Gasteiger partial charge in [-0.3, -0.25) is 4.79 Å². The van der Waals surface area contributed by atoms with Gasteiger partial charge < -0.3 is 15.0 Å².